The molecule has 0 aliphatic heterocycles. The van der Waals surface area contributed by atoms with Crippen LogP contribution in [0.5, 0.6) is 5.75 Å². The number of nitrogens with one attached hydrogen (secondary N) is 1. The van der Waals surface area contributed by atoms with Crippen LogP contribution in [0, 0.1) is 0 Å². The third-order valence-corrected chi connectivity index (χ3v) is 4.19. The van der Waals surface area contributed by atoms with E-state index in [1.54, 1.807) is 6.07 Å². The number of aryl methyl sites for hydroxylation is 1. The highest BCUT2D eigenvalue weighted by Gasteiger charge is 2.16. The van der Waals surface area contributed by atoms with Gasteiger partial charge in [-0.25, -0.2) is 4.89 Å². The van der Waals surface area contributed by atoms with Crippen LogP contribution in [-0.4, -0.2) is 22.4 Å². The van der Waals surface area contributed by atoms with Crippen molar-refractivity contribution in [3.63, 3.8) is 0 Å². The van der Waals surface area contributed by atoms with Crippen molar-refractivity contribution in [3.05, 3.63) is 29.5 Å². The largest absolute Gasteiger partial charge is 0.506 e. The molecule has 0 bridgehead atoms. The molecule has 8 heteroatoms. The number of nitrogens with zero attached hydrogens (tertiary/aromatic N) is 3. The SMILES string of the molecule is CCc1n[nH]c(/N=N/c2cc(C(C)(C)C)ccc2O)c1SOOC. The van der Waals surface area contributed by atoms with E-state index in [0.29, 0.717) is 22.8 Å². The second kappa shape index (κ2) is 7.78. The summed E-state index contributed by atoms with van der Waals surface area (Å²) in [4.78, 5) is 5.32. The van der Waals surface area contributed by atoms with Gasteiger partial charge in [0, 0.05) is 0 Å². The zero-order valence-corrected chi connectivity index (χ0v) is 15.3. The van der Waals surface area contributed by atoms with Crippen molar-refractivity contribution in [2.75, 3.05) is 7.11 Å². The number of aromatic hydroxyl groups is 1. The number of hydrogen-bond acceptors (Lipinski definition) is 7. The molecule has 7 nitrogen and oxygen atoms in total. The van der Waals surface area contributed by atoms with Crippen molar-refractivity contribution >= 4 is 23.5 Å². The molecule has 1 heterocycles. The Labute approximate surface area is 145 Å². The molecule has 0 aliphatic carbocycles. The molecule has 1 aromatic carbocycles. The second-order valence-corrected chi connectivity index (χ2v) is 6.88. The Morgan fingerprint density at radius 1 is 1.29 bits per heavy atom. The number of aromatic nitrogens is 2. The lowest BCUT2D eigenvalue weighted by Crippen LogP contribution is -2.10. The van der Waals surface area contributed by atoms with Gasteiger partial charge in [0.25, 0.3) is 0 Å². The van der Waals surface area contributed by atoms with Crippen LogP contribution in [0.2, 0.25) is 0 Å². The molecule has 0 radical (unpaired) electrons. The Kier molecular flexibility index (Phi) is 5.98. The van der Waals surface area contributed by atoms with E-state index in [4.69, 9.17) is 4.33 Å². The molecule has 2 aromatic rings. The van der Waals surface area contributed by atoms with Crippen LogP contribution in [0.4, 0.5) is 11.5 Å². The molecule has 0 amide bonds. The van der Waals surface area contributed by atoms with Crippen LogP contribution in [0.1, 0.15) is 39.0 Å². The summed E-state index contributed by atoms with van der Waals surface area (Å²) in [6, 6.07) is 5.34. The maximum Gasteiger partial charge on any atom is 0.186 e. The van der Waals surface area contributed by atoms with Gasteiger partial charge in [-0.3, -0.25) is 5.10 Å². The van der Waals surface area contributed by atoms with Crippen molar-refractivity contribution in [1.29, 1.82) is 0 Å². The van der Waals surface area contributed by atoms with Gasteiger partial charge in [-0.1, -0.05) is 33.8 Å². The summed E-state index contributed by atoms with van der Waals surface area (Å²) in [6.45, 7) is 8.27. The lowest BCUT2D eigenvalue weighted by atomic mass is 9.87. The molecule has 24 heavy (non-hydrogen) atoms. The summed E-state index contributed by atoms with van der Waals surface area (Å²) >= 11 is 1.02. The molecule has 0 saturated heterocycles. The Hall–Kier alpha value is -1.90. The fourth-order valence-electron chi connectivity index (χ4n) is 2.00. The Morgan fingerprint density at radius 3 is 2.67 bits per heavy atom. The summed E-state index contributed by atoms with van der Waals surface area (Å²) in [7, 11) is 1.43. The zero-order valence-electron chi connectivity index (χ0n) is 14.5. The molecule has 0 saturated carbocycles. The molecule has 1 aromatic heterocycles. The number of azo groups is 1. The minimum absolute atomic E-state index is 0.0470. The van der Waals surface area contributed by atoms with Crippen LogP contribution in [0.15, 0.2) is 33.3 Å². The summed E-state index contributed by atoms with van der Waals surface area (Å²) in [6.07, 6.45) is 0.714. The third kappa shape index (κ3) is 4.34. The van der Waals surface area contributed by atoms with Crippen molar-refractivity contribution in [2.24, 2.45) is 10.2 Å². The van der Waals surface area contributed by atoms with E-state index in [9.17, 15) is 5.11 Å². The zero-order chi connectivity index (χ0) is 17.7. The van der Waals surface area contributed by atoms with E-state index in [2.05, 4.69) is 46.1 Å². The molecule has 2 rings (SSSR count). The van der Waals surface area contributed by atoms with Gasteiger partial charge in [0.2, 0.25) is 0 Å². The van der Waals surface area contributed by atoms with Crippen molar-refractivity contribution in [1.82, 2.24) is 10.2 Å². The van der Waals surface area contributed by atoms with Crippen LogP contribution in [0.25, 0.3) is 0 Å². The van der Waals surface area contributed by atoms with Crippen LogP contribution in [0.3, 0.4) is 0 Å². The first-order valence-electron chi connectivity index (χ1n) is 7.56. The summed E-state index contributed by atoms with van der Waals surface area (Å²) < 4.78 is 4.91. The monoisotopic (exact) mass is 350 g/mol. The fraction of sp³-hybridized carbons (Fsp3) is 0.438. The Balaban J connectivity index is 2.33. The van der Waals surface area contributed by atoms with Crippen LogP contribution in [-0.2, 0) is 21.1 Å². The topological polar surface area (TPSA) is 92.1 Å². The first kappa shape index (κ1) is 18.4. The highest BCUT2D eigenvalue weighted by Crippen LogP contribution is 2.36. The van der Waals surface area contributed by atoms with Gasteiger partial charge in [-0.2, -0.15) is 9.43 Å². The van der Waals surface area contributed by atoms with E-state index in [1.165, 1.54) is 7.11 Å². The van der Waals surface area contributed by atoms with Crippen LogP contribution >= 0.6 is 12.0 Å². The molecule has 2 N–H and O–H groups in total. The predicted octanol–water partition coefficient (Wildman–Crippen LogP) is 4.98. The molecule has 0 fully saturated rings. The van der Waals surface area contributed by atoms with Gasteiger partial charge in [0.15, 0.2) is 5.82 Å². The quantitative estimate of drug-likeness (QED) is 0.332. The van der Waals surface area contributed by atoms with Gasteiger partial charge in [-0.15, -0.1) is 10.2 Å². The van der Waals surface area contributed by atoms with Gasteiger partial charge < -0.3 is 5.11 Å². The van der Waals surface area contributed by atoms with Crippen LogP contribution < -0.4 is 0 Å². The Bertz CT molecular complexity index is 723. The van der Waals surface area contributed by atoms with Gasteiger partial charge >= 0.3 is 0 Å². The van der Waals surface area contributed by atoms with Crippen molar-refractivity contribution in [3.8, 4) is 5.75 Å². The highest BCUT2D eigenvalue weighted by atomic mass is 32.2. The van der Waals surface area contributed by atoms with Crippen molar-refractivity contribution in [2.45, 2.75) is 44.4 Å². The second-order valence-electron chi connectivity index (χ2n) is 6.17. The third-order valence-electron chi connectivity index (χ3n) is 3.39. The lowest BCUT2D eigenvalue weighted by Gasteiger charge is -2.19. The summed E-state index contributed by atoms with van der Waals surface area (Å²) in [5, 5.41) is 25.3. The normalized spacial score (nSPS) is 12.2. The highest BCUT2D eigenvalue weighted by molar-refractivity contribution is 7.94. The van der Waals surface area contributed by atoms with Gasteiger partial charge in [0.05, 0.1) is 24.8 Å². The standard InChI is InChI=1S/C16H22N4O3S/c1-6-11-14(24-23-22-5)15(19-17-11)20-18-12-9-10(16(2,3)4)7-8-13(12)21/h7-9,21H,6H2,1-5H3,(H,17,19)/b20-18+. The molecule has 0 aliphatic rings. The summed E-state index contributed by atoms with van der Waals surface area (Å²) in [5.41, 5.74) is 2.22. The molecule has 0 spiro atoms. The molecule has 0 unspecified atom stereocenters. The fourth-order valence-corrected chi connectivity index (χ4v) is 2.58. The number of hydrogen-bond donors (Lipinski definition) is 2. The maximum atomic E-state index is 10.0. The summed E-state index contributed by atoms with van der Waals surface area (Å²) in [5.74, 6) is 0.527. The average Bonchev–Trinajstić information content (AvgIpc) is 2.92. The molecular weight excluding hydrogens is 328 g/mol. The molecular formula is C16H22N4O3S. The van der Waals surface area contributed by atoms with Gasteiger partial charge in [0.1, 0.15) is 16.3 Å². The minimum Gasteiger partial charge on any atom is -0.506 e. The number of phenols is 1. The first-order valence-corrected chi connectivity index (χ1v) is 8.30. The van der Waals surface area contributed by atoms with E-state index in [1.807, 2.05) is 19.1 Å². The average molecular weight is 350 g/mol. The minimum atomic E-state index is -0.0470. The number of rotatable bonds is 6. The molecule has 0 atom stereocenters. The van der Waals surface area contributed by atoms with E-state index < -0.39 is 0 Å². The number of H-pyrrole nitrogens is 1. The maximum absolute atomic E-state index is 10.0. The van der Waals surface area contributed by atoms with Crippen molar-refractivity contribution < 1.29 is 14.3 Å². The van der Waals surface area contributed by atoms with E-state index in [0.717, 1.165) is 23.3 Å². The predicted molar refractivity (Wildman–Crippen MR) is 92.9 cm³/mol. The Morgan fingerprint density at radius 2 is 2.04 bits per heavy atom. The number of benzene rings is 1. The van der Waals surface area contributed by atoms with Gasteiger partial charge in [-0.05, 0) is 29.5 Å². The van der Waals surface area contributed by atoms with E-state index >= 15 is 0 Å². The first-order chi connectivity index (χ1) is 11.4. The molecule has 130 valence electrons. The smallest absolute Gasteiger partial charge is 0.186 e. The number of aromatic amines is 1. The lowest BCUT2D eigenvalue weighted by molar-refractivity contribution is -0.160. The number of phenolic OH excluding ortho intramolecular Hbond substituents is 1. The van der Waals surface area contributed by atoms with E-state index in [-0.39, 0.29) is 11.2 Å².